The number of para-hydroxylation sites is 1. The van der Waals surface area contributed by atoms with Gasteiger partial charge in [0, 0.05) is 7.05 Å². The molecule has 0 fully saturated rings. The highest BCUT2D eigenvalue weighted by Gasteiger charge is 2.23. The van der Waals surface area contributed by atoms with Crippen molar-refractivity contribution < 1.29 is 18.5 Å². The van der Waals surface area contributed by atoms with Crippen LogP contribution in [0.3, 0.4) is 0 Å². The Kier molecular flexibility index (Phi) is 5.24. The van der Waals surface area contributed by atoms with Crippen LogP contribution in [0, 0.1) is 6.92 Å². The lowest BCUT2D eigenvalue weighted by Crippen LogP contribution is -2.35. The number of fused-ring (bicyclic) bond motifs is 1. The van der Waals surface area contributed by atoms with Crippen LogP contribution >= 0.6 is 11.6 Å². The minimum absolute atomic E-state index is 0.172. The lowest BCUT2D eigenvalue weighted by molar-refractivity contribution is -0.116. The van der Waals surface area contributed by atoms with E-state index in [4.69, 9.17) is 20.5 Å². The van der Waals surface area contributed by atoms with E-state index >= 15 is 0 Å². The Hall–Kier alpha value is -3.65. The molecule has 4 rings (SSSR count). The molecule has 0 atom stereocenters. The second kappa shape index (κ2) is 8.00. The number of carbonyl (C=O) groups is 2. The van der Waals surface area contributed by atoms with Gasteiger partial charge in [-0.25, -0.2) is 4.98 Å². The first-order valence-electron chi connectivity index (χ1n) is 9.05. The first kappa shape index (κ1) is 19.7. The molecule has 0 saturated heterocycles. The van der Waals surface area contributed by atoms with Crippen molar-refractivity contribution in [2.75, 3.05) is 18.9 Å². The topological polar surface area (TPSA) is 101 Å². The molecule has 0 radical (unpaired) electrons. The average molecular weight is 425 g/mol. The van der Waals surface area contributed by atoms with Crippen molar-refractivity contribution in [1.29, 1.82) is 0 Å². The van der Waals surface area contributed by atoms with Crippen LogP contribution < -0.4 is 5.32 Å². The number of aromatic nitrogens is 2. The van der Waals surface area contributed by atoms with Gasteiger partial charge < -0.3 is 19.2 Å². The number of rotatable bonds is 5. The summed E-state index contributed by atoms with van der Waals surface area (Å²) in [5, 5.41) is 7.53. The van der Waals surface area contributed by atoms with Gasteiger partial charge in [0.25, 0.3) is 11.6 Å². The maximum atomic E-state index is 13.2. The summed E-state index contributed by atoms with van der Waals surface area (Å²) in [6.07, 6.45) is 1.51. The molecule has 1 aromatic carbocycles. The fourth-order valence-electron chi connectivity index (χ4n) is 3.06. The predicted octanol–water partition coefficient (Wildman–Crippen LogP) is 4.16. The van der Waals surface area contributed by atoms with E-state index in [0.717, 1.165) is 0 Å². The number of likely N-dealkylation sites (N-methyl/N-ethyl adjacent to an activating group) is 1. The predicted molar refractivity (Wildman–Crippen MR) is 111 cm³/mol. The van der Waals surface area contributed by atoms with E-state index in [9.17, 15) is 9.59 Å². The zero-order valence-electron chi connectivity index (χ0n) is 16.2. The number of carbonyl (C=O) groups excluding carboxylic acids is 2. The van der Waals surface area contributed by atoms with Crippen molar-refractivity contribution in [3.05, 3.63) is 65.0 Å². The summed E-state index contributed by atoms with van der Waals surface area (Å²) in [6.45, 7) is 1.55. The first-order chi connectivity index (χ1) is 14.4. The van der Waals surface area contributed by atoms with E-state index in [1.54, 1.807) is 49.4 Å². The van der Waals surface area contributed by atoms with Crippen molar-refractivity contribution in [3.63, 3.8) is 0 Å². The monoisotopic (exact) mass is 424 g/mol. The van der Waals surface area contributed by atoms with Crippen LogP contribution in [0.25, 0.3) is 22.6 Å². The number of anilines is 1. The molecule has 0 bridgehead atoms. The van der Waals surface area contributed by atoms with E-state index in [-0.39, 0.29) is 24.1 Å². The highest BCUT2D eigenvalue weighted by atomic mass is 35.5. The smallest absolute Gasteiger partial charge is 0.259 e. The summed E-state index contributed by atoms with van der Waals surface area (Å²) in [5.74, 6) is -0.271. The second-order valence-corrected chi connectivity index (χ2v) is 7.08. The van der Waals surface area contributed by atoms with Gasteiger partial charge in [-0.05, 0) is 37.3 Å². The normalized spacial score (nSPS) is 10.9. The maximum Gasteiger partial charge on any atom is 0.259 e. The summed E-state index contributed by atoms with van der Waals surface area (Å²) in [6, 6.07) is 11.9. The van der Waals surface area contributed by atoms with E-state index in [0.29, 0.717) is 38.8 Å². The lowest BCUT2D eigenvalue weighted by atomic mass is 10.1. The second-order valence-electron chi connectivity index (χ2n) is 6.67. The van der Waals surface area contributed by atoms with Gasteiger partial charge in [0.1, 0.15) is 5.69 Å². The zero-order chi connectivity index (χ0) is 21.3. The van der Waals surface area contributed by atoms with Crippen LogP contribution in [0.1, 0.15) is 16.1 Å². The van der Waals surface area contributed by atoms with Gasteiger partial charge in [-0.3, -0.25) is 9.59 Å². The fraction of sp³-hybridized carbons (Fsp3) is 0.143. The van der Waals surface area contributed by atoms with Crippen LogP contribution in [-0.4, -0.2) is 40.4 Å². The number of benzene rings is 1. The van der Waals surface area contributed by atoms with Crippen molar-refractivity contribution in [2.45, 2.75) is 6.92 Å². The number of hydrogen-bond acceptors (Lipinski definition) is 6. The molecule has 8 nitrogen and oxygen atoms in total. The summed E-state index contributed by atoms with van der Waals surface area (Å²) < 4.78 is 10.7. The largest absolute Gasteiger partial charge is 0.463 e. The summed E-state index contributed by atoms with van der Waals surface area (Å²) >= 11 is 6.07. The minimum atomic E-state index is -0.379. The maximum absolute atomic E-state index is 13.2. The van der Waals surface area contributed by atoms with Gasteiger partial charge in [0.2, 0.25) is 5.91 Å². The molecule has 30 heavy (non-hydrogen) atoms. The Bertz CT molecular complexity index is 1230. The molecule has 0 spiro atoms. The average Bonchev–Trinajstić information content (AvgIpc) is 3.39. The number of nitrogens with one attached hydrogen (secondary N) is 1. The van der Waals surface area contributed by atoms with Crippen molar-refractivity contribution >= 4 is 40.2 Å². The molecule has 2 amide bonds. The van der Waals surface area contributed by atoms with E-state index in [1.165, 1.54) is 18.2 Å². The lowest BCUT2D eigenvalue weighted by Gasteiger charge is -2.18. The van der Waals surface area contributed by atoms with E-state index < -0.39 is 0 Å². The number of hydrogen-bond donors (Lipinski definition) is 1. The van der Waals surface area contributed by atoms with Gasteiger partial charge in [0.05, 0.1) is 40.2 Å². The van der Waals surface area contributed by atoms with Crippen molar-refractivity contribution in [2.24, 2.45) is 0 Å². The summed E-state index contributed by atoms with van der Waals surface area (Å²) in [4.78, 5) is 31.3. The molecule has 1 N–H and O–H groups in total. The standard InChI is InChI=1S/C21H17ClN4O4/c1-12-19-13(10-16(17-8-5-9-29-17)24-20(19)30-25-12)21(28)26(2)11-18(27)23-15-7-4-3-6-14(15)22/h3-10H,11H2,1-2H3,(H,23,27). The van der Waals surface area contributed by atoms with Gasteiger partial charge in [-0.15, -0.1) is 0 Å². The van der Waals surface area contributed by atoms with Crippen LogP contribution in [0.2, 0.25) is 5.02 Å². The molecule has 0 aliphatic heterocycles. The highest BCUT2D eigenvalue weighted by Crippen LogP contribution is 2.28. The number of nitrogens with zero attached hydrogens (tertiary/aromatic N) is 3. The molecular formula is C21H17ClN4O4. The Morgan fingerprint density at radius 2 is 2.00 bits per heavy atom. The van der Waals surface area contributed by atoms with Crippen LogP contribution in [0.4, 0.5) is 5.69 Å². The molecular weight excluding hydrogens is 408 g/mol. The zero-order valence-corrected chi connectivity index (χ0v) is 16.9. The molecule has 0 aliphatic rings. The van der Waals surface area contributed by atoms with E-state index in [2.05, 4.69) is 15.5 Å². The van der Waals surface area contributed by atoms with Gasteiger partial charge in [-0.1, -0.05) is 28.9 Å². The fourth-order valence-corrected chi connectivity index (χ4v) is 3.24. The number of furan rings is 1. The Labute approximate surface area is 176 Å². The molecule has 0 unspecified atom stereocenters. The number of amides is 2. The first-order valence-corrected chi connectivity index (χ1v) is 9.42. The van der Waals surface area contributed by atoms with Crippen LogP contribution in [0.15, 0.2) is 57.7 Å². The Morgan fingerprint density at radius 3 is 2.73 bits per heavy atom. The van der Waals surface area contributed by atoms with Crippen molar-refractivity contribution in [3.8, 4) is 11.5 Å². The number of aryl methyl sites for hydroxylation is 1. The summed E-state index contributed by atoms with van der Waals surface area (Å²) in [7, 11) is 1.54. The Morgan fingerprint density at radius 1 is 1.20 bits per heavy atom. The molecule has 9 heteroatoms. The molecule has 0 aliphatic carbocycles. The van der Waals surface area contributed by atoms with Crippen molar-refractivity contribution in [1.82, 2.24) is 15.0 Å². The summed E-state index contributed by atoms with van der Waals surface area (Å²) in [5.41, 5.74) is 1.98. The highest BCUT2D eigenvalue weighted by molar-refractivity contribution is 6.33. The third-order valence-corrected chi connectivity index (χ3v) is 4.83. The molecule has 3 aromatic heterocycles. The molecule has 0 saturated carbocycles. The third-order valence-electron chi connectivity index (χ3n) is 4.50. The van der Waals surface area contributed by atoms with Crippen LogP contribution in [0.5, 0.6) is 0 Å². The molecule has 152 valence electrons. The minimum Gasteiger partial charge on any atom is -0.463 e. The van der Waals surface area contributed by atoms with Crippen LogP contribution in [-0.2, 0) is 4.79 Å². The number of pyridine rings is 1. The third kappa shape index (κ3) is 3.77. The van der Waals surface area contributed by atoms with Gasteiger partial charge >= 0.3 is 0 Å². The quantitative estimate of drug-likeness (QED) is 0.516. The van der Waals surface area contributed by atoms with Gasteiger partial charge in [0.15, 0.2) is 5.76 Å². The van der Waals surface area contributed by atoms with Gasteiger partial charge in [-0.2, -0.15) is 0 Å². The van der Waals surface area contributed by atoms with E-state index in [1.807, 2.05) is 0 Å². The molecule has 4 aromatic rings. The number of halogens is 1. The molecule has 3 heterocycles. The Balaban J connectivity index is 1.61. The SMILES string of the molecule is Cc1noc2nc(-c3ccco3)cc(C(=O)N(C)CC(=O)Nc3ccccc3Cl)c12.